The van der Waals surface area contributed by atoms with Crippen molar-refractivity contribution in [2.24, 2.45) is 5.73 Å². The highest BCUT2D eigenvalue weighted by atomic mass is 16.4. The van der Waals surface area contributed by atoms with Crippen LogP contribution >= 0.6 is 0 Å². The fraction of sp³-hybridized carbons (Fsp3) is 0.200. The van der Waals surface area contributed by atoms with E-state index in [1.807, 2.05) is 0 Å². The summed E-state index contributed by atoms with van der Waals surface area (Å²) in [5.74, 6) is -6.76. The molecule has 9 nitrogen and oxygen atoms in total. The Morgan fingerprint density at radius 2 is 1.21 bits per heavy atom. The Morgan fingerprint density at radius 1 is 0.929 bits per heavy atom. The van der Waals surface area contributed by atoms with Gasteiger partial charge in [0.15, 0.2) is 0 Å². The molecule has 0 saturated heterocycles. The van der Waals surface area contributed by atoms with Crippen LogP contribution in [0, 0.1) is 0 Å². The van der Waals surface area contributed by atoms with E-state index in [4.69, 9.17) is 15.3 Å². The van der Waals surface area contributed by atoms with Gasteiger partial charge in [-0.25, -0.2) is 19.2 Å². The van der Waals surface area contributed by atoms with E-state index >= 15 is 0 Å². The predicted octanol–water partition coefficient (Wildman–Crippen LogP) is -2.35. The second-order valence-electron chi connectivity index (χ2n) is 2.15. The predicted molar refractivity (Wildman–Crippen MR) is 38.4 cm³/mol. The van der Waals surface area contributed by atoms with Gasteiger partial charge >= 0.3 is 29.5 Å². The molecule has 0 aromatic rings. The van der Waals surface area contributed by atoms with E-state index in [1.54, 1.807) is 0 Å². The van der Waals surface area contributed by atoms with Crippen LogP contribution in [0.25, 0.3) is 0 Å². The number of hydrogen-bond acceptors (Lipinski definition) is 4. The number of nitrogens with two attached hydrogens (primary N) is 1. The maximum Gasteiger partial charge on any atom is 0.353 e. The largest absolute Gasteiger partial charge is 0.479 e. The Bertz CT molecular complexity index is 273. The SMILES string of the molecule is NC(=O)NC(C(=O)O)(C(=O)O)C(=O)O. The van der Waals surface area contributed by atoms with E-state index in [9.17, 15) is 19.2 Å². The minimum atomic E-state index is -3.45. The molecule has 0 unspecified atom stereocenters. The highest BCUT2D eigenvalue weighted by Gasteiger charge is 2.56. The third-order valence-electron chi connectivity index (χ3n) is 1.27. The summed E-state index contributed by atoms with van der Waals surface area (Å²) in [7, 11) is 0. The summed E-state index contributed by atoms with van der Waals surface area (Å²) >= 11 is 0. The molecule has 0 radical (unpaired) electrons. The Labute approximate surface area is 76.1 Å². The van der Waals surface area contributed by atoms with E-state index in [1.165, 1.54) is 0 Å². The molecule has 0 fully saturated rings. The van der Waals surface area contributed by atoms with Crippen molar-refractivity contribution in [2.45, 2.75) is 5.54 Å². The topological polar surface area (TPSA) is 167 Å². The molecule has 9 heteroatoms. The van der Waals surface area contributed by atoms with Crippen molar-refractivity contribution >= 4 is 23.9 Å². The highest BCUT2D eigenvalue weighted by Crippen LogP contribution is 2.06. The molecule has 0 aliphatic carbocycles. The summed E-state index contributed by atoms with van der Waals surface area (Å²) in [5.41, 5.74) is 0.999. The van der Waals surface area contributed by atoms with Gasteiger partial charge in [-0.05, 0) is 0 Å². The van der Waals surface area contributed by atoms with Crippen LogP contribution in [0.5, 0.6) is 0 Å². The number of urea groups is 1. The quantitative estimate of drug-likeness (QED) is 0.321. The fourth-order valence-electron chi connectivity index (χ4n) is 0.620. The molecule has 14 heavy (non-hydrogen) atoms. The smallest absolute Gasteiger partial charge is 0.353 e. The number of rotatable bonds is 4. The first-order chi connectivity index (χ1) is 6.25. The van der Waals surface area contributed by atoms with Crippen LogP contribution in [0.4, 0.5) is 4.79 Å². The molecule has 0 aromatic carbocycles. The molecule has 78 valence electrons. The number of carbonyl (C=O) groups is 4. The minimum Gasteiger partial charge on any atom is -0.479 e. The van der Waals surface area contributed by atoms with E-state index in [2.05, 4.69) is 5.73 Å². The number of carbonyl (C=O) groups excluding carboxylic acids is 1. The lowest BCUT2D eigenvalue weighted by Gasteiger charge is -2.19. The first-order valence-corrected chi connectivity index (χ1v) is 3.03. The first kappa shape index (κ1) is 11.7. The summed E-state index contributed by atoms with van der Waals surface area (Å²) in [6.45, 7) is 0. The summed E-state index contributed by atoms with van der Waals surface area (Å²) in [6.07, 6.45) is 0. The van der Waals surface area contributed by atoms with Crippen LogP contribution < -0.4 is 11.1 Å². The standard InChI is InChI=1S/C5H6N2O7/c6-4(14)7-5(1(8)9,2(10)11)3(12)13/h(H,8,9)(H,10,11)(H,12,13)(H3,6,7,14). The number of primary amides is 1. The number of amides is 2. The van der Waals surface area contributed by atoms with Gasteiger partial charge in [0.05, 0.1) is 0 Å². The Morgan fingerprint density at radius 3 is 1.29 bits per heavy atom. The summed E-state index contributed by atoms with van der Waals surface area (Å²) in [6, 6.07) is -1.57. The maximum absolute atomic E-state index is 10.4. The molecule has 0 bridgehead atoms. The zero-order valence-corrected chi connectivity index (χ0v) is 6.55. The molecule has 0 aliphatic heterocycles. The molecule has 6 N–H and O–H groups in total. The summed E-state index contributed by atoms with van der Waals surface area (Å²) in [5, 5.41) is 26.3. The molecule has 0 spiro atoms. The van der Waals surface area contributed by atoms with Crippen LogP contribution in [-0.2, 0) is 14.4 Å². The summed E-state index contributed by atoms with van der Waals surface area (Å²) < 4.78 is 0. The number of carboxylic acids is 3. The van der Waals surface area contributed by atoms with Crippen molar-refractivity contribution in [3.05, 3.63) is 0 Å². The monoisotopic (exact) mass is 206 g/mol. The minimum absolute atomic E-state index is 1.13. The lowest BCUT2D eigenvalue weighted by Crippen LogP contribution is -2.66. The van der Waals surface area contributed by atoms with Crippen molar-refractivity contribution in [2.75, 3.05) is 0 Å². The highest BCUT2D eigenvalue weighted by molar-refractivity contribution is 6.23. The van der Waals surface area contributed by atoms with Crippen molar-refractivity contribution in [3.8, 4) is 0 Å². The van der Waals surface area contributed by atoms with Crippen molar-refractivity contribution in [3.63, 3.8) is 0 Å². The average Bonchev–Trinajstić information content (AvgIpc) is 1.97. The lowest BCUT2D eigenvalue weighted by molar-refractivity contribution is -0.168. The Hall–Kier alpha value is -2.32. The normalized spacial score (nSPS) is 10.3. The van der Waals surface area contributed by atoms with Gasteiger partial charge in [0.1, 0.15) is 0 Å². The first-order valence-electron chi connectivity index (χ1n) is 3.03. The van der Waals surface area contributed by atoms with E-state index < -0.39 is 29.5 Å². The average molecular weight is 206 g/mol. The van der Waals surface area contributed by atoms with Gasteiger partial charge in [0.2, 0.25) is 0 Å². The molecular weight excluding hydrogens is 200 g/mol. The van der Waals surface area contributed by atoms with Crippen molar-refractivity contribution in [1.82, 2.24) is 5.32 Å². The Balaban J connectivity index is 5.38. The molecule has 0 aliphatic rings. The molecule has 0 aromatic heterocycles. The van der Waals surface area contributed by atoms with Crippen LogP contribution in [0.1, 0.15) is 0 Å². The van der Waals surface area contributed by atoms with Gasteiger partial charge in [-0.15, -0.1) is 0 Å². The second-order valence-corrected chi connectivity index (χ2v) is 2.15. The zero-order chi connectivity index (χ0) is 11.5. The number of hydrogen-bond donors (Lipinski definition) is 5. The van der Waals surface area contributed by atoms with Crippen LogP contribution in [-0.4, -0.2) is 44.8 Å². The van der Waals surface area contributed by atoms with E-state index in [0.717, 1.165) is 5.32 Å². The fourth-order valence-corrected chi connectivity index (χ4v) is 0.620. The lowest BCUT2D eigenvalue weighted by atomic mass is 10.0. The van der Waals surface area contributed by atoms with Gasteiger partial charge in [0, 0.05) is 0 Å². The summed E-state index contributed by atoms with van der Waals surface area (Å²) in [4.78, 5) is 41.5. The van der Waals surface area contributed by atoms with Crippen LogP contribution in [0.2, 0.25) is 0 Å². The van der Waals surface area contributed by atoms with Gasteiger partial charge in [-0.3, -0.25) is 0 Å². The van der Waals surface area contributed by atoms with Gasteiger partial charge < -0.3 is 26.4 Å². The van der Waals surface area contributed by atoms with E-state index in [0.29, 0.717) is 0 Å². The molecule has 0 atom stereocenters. The molecule has 0 saturated carbocycles. The van der Waals surface area contributed by atoms with Crippen LogP contribution in [0.3, 0.4) is 0 Å². The van der Waals surface area contributed by atoms with Gasteiger partial charge in [-0.2, -0.15) is 0 Å². The molecular formula is C5H6N2O7. The van der Waals surface area contributed by atoms with Gasteiger partial charge in [0.25, 0.3) is 0 Å². The zero-order valence-electron chi connectivity index (χ0n) is 6.55. The van der Waals surface area contributed by atoms with Crippen molar-refractivity contribution in [1.29, 1.82) is 0 Å². The van der Waals surface area contributed by atoms with E-state index in [-0.39, 0.29) is 0 Å². The maximum atomic E-state index is 10.4. The number of nitrogens with one attached hydrogen (secondary N) is 1. The number of aliphatic carboxylic acids is 3. The number of carboxylic acid groups (broad SMARTS) is 3. The second kappa shape index (κ2) is 3.60. The van der Waals surface area contributed by atoms with Gasteiger partial charge in [-0.1, -0.05) is 0 Å². The molecule has 0 rings (SSSR count). The third kappa shape index (κ3) is 1.71. The molecule has 2 amide bonds. The van der Waals surface area contributed by atoms with Crippen molar-refractivity contribution < 1.29 is 34.5 Å². The molecule has 0 heterocycles. The Kier molecular flexibility index (Phi) is 3.00. The third-order valence-corrected chi connectivity index (χ3v) is 1.27. The van der Waals surface area contributed by atoms with Crippen LogP contribution in [0.15, 0.2) is 0 Å².